The molecule has 0 spiro atoms. The Labute approximate surface area is 254 Å². The summed E-state index contributed by atoms with van der Waals surface area (Å²) in [4.78, 5) is 52.3. The lowest BCUT2D eigenvalue weighted by atomic mass is 9.80. The molecule has 2 rings (SSSR count). The van der Waals surface area contributed by atoms with E-state index in [9.17, 15) is 19.6 Å². The summed E-state index contributed by atoms with van der Waals surface area (Å²) >= 11 is 0. The maximum atomic E-state index is 13.6. The topological polar surface area (TPSA) is 183 Å². The summed E-state index contributed by atoms with van der Waals surface area (Å²) in [6, 6.07) is 16.7. The second kappa shape index (κ2) is 19.8. The Balaban J connectivity index is 0.00000217. The van der Waals surface area contributed by atoms with E-state index in [2.05, 4.69) is 15.6 Å². The molecule has 7 N–H and O–H groups in total. The van der Waals surface area contributed by atoms with E-state index in [1.807, 2.05) is 68.4 Å². The van der Waals surface area contributed by atoms with Gasteiger partial charge in [0.25, 0.3) is 5.97 Å². The summed E-state index contributed by atoms with van der Waals surface area (Å²) in [5.41, 5.74) is 10.4. The number of nitrogens with one attached hydrogen (secondary N) is 3. The number of aryl methyl sites for hydroxylation is 1. The number of nitrogens with two attached hydrogens (primary N) is 1. The molecular weight excluding hydrogens is 550 g/mol. The van der Waals surface area contributed by atoms with Crippen LogP contribution in [-0.4, -0.2) is 52.9 Å². The van der Waals surface area contributed by atoms with E-state index in [0.717, 1.165) is 30.0 Å². The number of carboxylic acid groups (broad SMARTS) is 1. The smallest absolute Gasteiger partial charge is 0.300 e. The Morgan fingerprint density at radius 3 is 1.95 bits per heavy atom. The molecule has 3 amide bonds. The van der Waals surface area contributed by atoms with Gasteiger partial charge in [0.2, 0.25) is 17.7 Å². The molecular formula is C32H47N5O6. The van der Waals surface area contributed by atoms with Crippen molar-refractivity contribution >= 4 is 29.5 Å². The number of rotatable bonds is 15. The number of hydrogen-bond acceptors (Lipinski definition) is 6. The van der Waals surface area contributed by atoms with Gasteiger partial charge < -0.3 is 21.5 Å². The number of carbonyl (C=O) groups excluding carboxylic acids is 3. The number of amidine groups is 1. The zero-order chi connectivity index (χ0) is 32.4. The Bertz CT molecular complexity index is 1180. The normalized spacial score (nSPS) is 13.1. The molecule has 0 radical (unpaired) electrons. The zero-order valence-corrected chi connectivity index (χ0v) is 25.8. The molecule has 0 saturated heterocycles. The molecule has 0 aliphatic rings. The van der Waals surface area contributed by atoms with E-state index in [1.165, 1.54) is 7.05 Å². The summed E-state index contributed by atoms with van der Waals surface area (Å²) < 4.78 is 0. The van der Waals surface area contributed by atoms with E-state index in [0.29, 0.717) is 31.6 Å². The number of carbonyl (C=O) groups is 4. The Morgan fingerprint density at radius 1 is 0.860 bits per heavy atom. The van der Waals surface area contributed by atoms with Gasteiger partial charge in [0, 0.05) is 26.3 Å². The van der Waals surface area contributed by atoms with Crippen LogP contribution in [0.5, 0.6) is 0 Å². The molecule has 236 valence electrons. The van der Waals surface area contributed by atoms with Crippen molar-refractivity contribution < 1.29 is 29.5 Å². The predicted molar refractivity (Wildman–Crippen MR) is 166 cm³/mol. The first-order valence-corrected chi connectivity index (χ1v) is 14.4. The zero-order valence-electron chi connectivity index (χ0n) is 25.8. The lowest BCUT2D eigenvalue weighted by Crippen LogP contribution is -2.51. The van der Waals surface area contributed by atoms with Gasteiger partial charge in [-0.2, -0.15) is 0 Å². The molecule has 0 bridgehead atoms. The SMILES string of the molecule is CC(=O)O.CNC(=O)[C@H](Cc1ccc(CN=C(C)N)cc1)NC(=O)[C@H](CC(C)C)[C@H](CCCc1ccccc1)C(=O)NO. The summed E-state index contributed by atoms with van der Waals surface area (Å²) in [5, 5.41) is 22.4. The van der Waals surface area contributed by atoms with Gasteiger partial charge in [0.1, 0.15) is 6.04 Å². The number of aliphatic imine (C=N–C) groups is 1. The van der Waals surface area contributed by atoms with Crippen LogP contribution < -0.4 is 21.8 Å². The van der Waals surface area contributed by atoms with E-state index >= 15 is 0 Å². The monoisotopic (exact) mass is 597 g/mol. The van der Waals surface area contributed by atoms with Crippen LogP contribution >= 0.6 is 0 Å². The first-order chi connectivity index (χ1) is 20.4. The average Bonchev–Trinajstić information content (AvgIpc) is 2.97. The van der Waals surface area contributed by atoms with Gasteiger partial charge in [-0.1, -0.05) is 68.4 Å². The minimum atomic E-state index is -0.833. The number of amides is 3. The molecule has 11 nitrogen and oxygen atoms in total. The van der Waals surface area contributed by atoms with Gasteiger partial charge in [-0.15, -0.1) is 0 Å². The molecule has 0 unspecified atom stereocenters. The first kappa shape index (κ1) is 36.8. The Morgan fingerprint density at radius 2 is 1.44 bits per heavy atom. The number of hydrogen-bond donors (Lipinski definition) is 6. The van der Waals surface area contributed by atoms with E-state index in [1.54, 1.807) is 12.4 Å². The highest BCUT2D eigenvalue weighted by atomic mass is 16.5. The van der Waals surface area contributed by atoms with Gasteiger partial charge in [0.15, 0.2) is 0 Å². The second-order valence-corrected chi connectivity index (χ2v) is 10.9. The van der Waals surface area contributed by atoms with Crippen molar-refractivity contribution in [3.63, 3.8) is 0 Å². The van der Waals surface area contributed by atoms with Crippen molar-refractivity contribution in [2.75, 3.05) is 7.05 Å². The summed E-state index contributed by atoms with van der Waals surface area (Å²) in [6.45, 7) is 7.24. The third-order valence-electron chi connectivity index (χ3n) is 6.67. The van der Waals surface area contributed by atoms with E-state index in [-0.39, 0.29) is 24.2 Å². The third-order valence-corrected chi connectivity index (χ3v) is 6.67. The number of hydroxylamine groups is 1. The van der Waals surface area contributed by atoms with Crippen LogP contribution in [0.25, 0.3) is 0 Å². The van der Waals surface area contributed by atoms with Gasteiger partial charge in [-0.3, -0.25) is 29.4 Å². The number of likely N-dealkylation sites (N-methyl/N-ethyl adjacent to an activating group) is 1. The predicted octanol–water partition coefficient (Wildman–Crippen LogP) is 3.23. The number of nitrogens with zero attached hydrogens (tertiary/aromatic N) is 1. The fourth-order valence-corrected chi connectivity index (χ4v) is 4.63. The van der Waals surface area contributed by atoms with Crippen molar-refractivity contribution in [1.82, 2.24) is 16.1 Å². The molecule has 0 fully saturated rings. The van der Waals surface area contributed by atoms with Gasteiger partial charge in [0.05, 0.1) is 18.3 Å². The Kier molecular flexibility index (Phi) is 16.9. The fraction of sp³-hybridized carbons (Fsp3) is 0.469. The molecule has 0 saturated carbocycles. The quantitative estimate of drug-likeness (QED) is 0.0788. The maximum absolute atomic E-state index is 13.6. The van der Waals surface area contributed by atoms with Crippen LogP contribution in [0.3, 0.4) is 0 Å². The van der Waals surface area contributed by atoms with Crippen LogP contribution in [0.4, 0.5) is 0 Å². The summed E-state index contributed by atoms with van der Waals surface area (Å²) in [5.74, 6) is -2.95. The van der Waals surface area contributed by atoms with Crippen molar-refractivity contribution in [1.29, 1.82) is 0 Å². The van der Waals surface area contributed by atoms with Crippen LogP contribution in [0.1, 0.15) is 63.6 Å². The lowest BCUT2D eigenvalue weighted by molar-refractivity contribution is -0.142. The third kappa shape index (κ3) is 15.0. The molecule has 11 heteroatoms. The van der Waals surface area contributed by atoms with E-state index < -0.39 is 29.8 Å². The second-order valence-electron chi connectivity index (χ2n) is 10.9. The Hall–Kier alpha value is -4.25. The first-order valence-electron chi connectivity index (χ1n) is 14.4. The van der Waals surface area contributed by atoms with Crippen LogP contribution in [0.2, 0.25) is 0 Å². The van der Waals surface area contributed by atoms with E-state index in [4.69, 9.17) is 15.6 Å². The van der Waals surface area contributed by atoms with Crippen molar-refractivity contribution in [3.05, 3.63) is 71.3 Å². The molecule has 0 aliphatic heterocycles. The highest BCUT2D eigenvalue weighted by Crippen LogP contribution is 2.27. The van der Waals surface area contributed by atoms with Crippen LogP contribution in [0, 0.1) is 17.8 Å². The summed E-state index contributed by atoms with van der Waals surface area (Å²) in [6.07, 6.45) is 2.56. The fourth-order valence-electron chi connectivity index (χ4n) is 4.63. The molecule has 43 heavy (non-hydrogen) atoms. The van der Waals surface area contributed by atoms with Crippen molar-refractivity contribution in [2.24, 2.45) is 28.5 Å². The standard InChI is InChI=1S/C30H43N5O4.C2H4O2/c1-20(2)17-26(25(29(37)35-39)12-8-11-22-9-6-5-7-10-22)28(36)34-27(30(38)32-4)18-23-13-15-24(16-14-23)19-33-21(3)31;1-2(3)4/h5-7,9-10,13-16,20,25-27,39H,8,11-12,17-19H2,1-4H3,(H2,31,33)(H,32,38)(H,34,36)(H,35,37);1H3,(H,3,4)/t25-,26+,27-;/m0./s1. The summed E-state index contributed by atoms with van der Waals surface area (Å²) in [7, 11) is 1.52. The largest absolute Gasteiger partial charge is 0.481 e. The minimum absolute atomic E-state index is 0.120. The number of benzene rings is 2. The van der Waals surface area contributed by atoms with Gasteiger partial charge in [-0.25, -0.2) is 5.48 Å². The van der Waals surface area contributed by atoms with Gasteiger partial charge >= 0.3 is 0 Å². The van der Waals surface area contributed by atoms with Crippen molar-refractivity contribution in [2.45, 2.75) is 72.4 Å². The minimum Gasteiger partial charge on any atom is -0.481 e. The molecule has 0 aromatic heterocycles. The molecule has 3 atom stereocenters. The van der Waals surface area contributed by atoms with Crippen molar-refractivity contribution in [3.8, 4) is 0 Å². The maximum Gasteiger partial charge on any atom is 0.300 e. The van der Waals surface area contributed by atoms with Crippen LogP contribution in [0.15, 0.2) is 59.6 Å². The number of aliphatic carboxylic acids is 1. The highest BCUT2D eigenvalue weighted by Gasteiger charge is 2.35. The molecule has 2 aromatic rings. The molecule has 0 aliphatic carbocycles. The molecule has 0 heterocycles. The highest BCUT2D eigenvalue weighted by molar-refractivity contribution is 5.91. The lowest BCUT2D eigenvalue weighted by Gasteiger charge is -2.28. The number of carboxylic acids is 1. The van der Waals surface area contributed by atoms with Crippen LogP contribution in [-0.2, 0) is 38.6 Å². The average molecular weight is 598 g/mol. The van der Waals surface area contributed by atoms with Gasteiger partial charge in [-0.05, 0) is 55.2 Å². The molecule has 2 aromatic carbocycles.